The minimum Gasteiger partial charge on any atom is -0.507 e. The molecule has 0 aliphatic rings. The van der Waals surface area contributed by atoms with Crippen molar-refractivity contribution in [2.75, 3.05) is 22.5 Å². The number of nitrogens with zero attached hydrogens (tertiary/aromatic N) is 1. The van der Waals surface area contributed by atoms with Crippen molar-refractivity contribution in [2.45, 2.75) is 63.7 Å². The van der Waals surface area contributed by atoms with Gasteiger partial charge in [0.2, 0.25) is 0 Å². The Kier molecular flexibility index (Phi) is 8.97. The third kappa shape index (κ3) is 7.60. The van der Waals surface area contributed by atoms with E-state index < -0.39 is 0 Å². The Balaban J connectivity index is 1.48. The smallest absolute Gasteiger partial charge is 0.123 e. The van der Waals surface area contributed by atoms with Crippen LogP contribution in [-0.2, 0) is 10.8 Å². The average molecular weight is 539 g/mol. The highest BCUT2D eigenvalue weighted by Gasteiger charge is 2.26. The van der Waals surface area contributed by atoms with Crippen LogP contribution < -0.4 is 10.2 Å². The third-order valence-electron chi connectivity index (χ3n) is 6.80. The minimum absolute atomic E-state index is 0.119. The lowest BCUT2D eigenvalue weighted by Crippen LogP contribution is -2.19. The van der Waals surface area contributed by atoms with Crippen LogP contribution in [0, 0.1) is 0 Å². The fourth-order valence-corrected chi connectivity index (χ4v) is 5.59. The molecule has 0 aromatic heterocycles. The van der Waals surface area contributed by atoms with Crippen LogP contribution in [0.15, 0.2) is 102 Å². The Morgan fingerprint density at radius 3 is 1.69 bits per heavy atom. The Morgan fingerprint density at radius 2 is 1.15 bits per heavy atom. The molecule has 0 aliphatic carbocycles. The van der Waals surface area contributed by atoms with Gasteiger partial charge in [-0.3, -0.25) is 0 Å². The molecule has 0 bridgehead atoms. The molecule has 4 aromatic rings. The van der Waals surface area contributed by atoms with Gasteiger partial charge in [0.25, 0.3) is 0 Å². The summed E-state index contributed by atoms with van der Waals surface area (Å²) in [6.45, 7) is 13.9. The quantitative estimate of drug-likeness (QED) is 0.164. The Hall–Kier alpha value is -3.37. The van der Waals surface area contributed by atoms with Crippen LogP contribution in [0.25, 0.3) is 0 Å². The Bertz CT molecular complexity index is 1300. The van der Waals surface area contributed by atoms with Crippen molar-refractivity contribution in [1.29, 1.82) is 0 Å². The number of hydrogen-bond donors (Lipinski definition) is 2. The van der Waals surface area contributed by atoms with E-state index in [1.54, 1.807) is 0 Å². The number of thioether (sulfide) groups is 1. The monoisotopic (exact) mass is 538 g/mol. The number of para-hydroxylation sites is 2. The summed E-state index contributed by atoms with van der Waals surface area (Å²) in [4.78, 5) is 3.62. The number of benzene rings is 4. The summed E-state index contributed by atoms with van der Waals surface area (Å²) >= 11 is 1.88. The lowest BCUT2D eigenvalue weighted by Gasteiger charge is -2.28. The lowest BCUT2D eigenvalue weighted by atomic mass is 9.79. The summed E-state index contributed by atoms with van der Waals surface area (Å²) in [5, 5.41) is 14.5. The fraction of sp³-hybridized carbons (Fsp3) is 0.314. The number of phenols is 1. The van der Waals surface area contributed by atoms with Gasteiger partial charge in [-0.25, -0.2) is 0 Å². The number of anilines is 4. The van der Waals surface area contributed by atoms with E-state index in [0.717, 1.165) is 41.2 Å². The van der Waals surface area contributed by atoms with E-state index >= 15 is 0 Å². The molecule has 4 aromatic carbocycles. The Morgan fingerprint density at radius 1 is 0.667 bits per heavy atom. The van der Waals surface area contributed by atoms with Gasteiger partial charge in [-0.1, -0.05) is 77.9 Å². The van der Waals surface area contributed by atoms with Gasteiger partial charge < -0.3 is 15.3 Å². The first-order chi connectivity index (χ1) is 18.5. The number of nitrogens with one attached hydrogen (secondary N) is 1. The van der Waals surface area contributed by atoms with Crippen molar-refractivity contribution >= 4 is 34.5 Å². The topological polar surface area (TPSA) is 35.5 Å². The number of rotatable bonds is 9. The molecule has 2 N–H and O–H groups in total. The summed E-state index contributed by atoms with van der Waals surface area (Å²) in [5.41, 5.74) is 6.34. The standard InChI is InChI=1S/C35H42N2OS/c1-34(2,3)31-24-30(25-32(33(31)38)35(4,5)6)39-23-13-22-37(28-16-11-8-12-17-28)29-20-18-27(19-21-29)36-26-14-9-7-10-15-26/h7-12,14-21,24-25,36,38H,13,22-23H2,1-6H3. The molecule has 0 saturated carbocycles. The van der Waals surface area contributed by atoms with E-state index in [4.69, 9.17) is 0 Å². The molecule has 0 aliphatic heterocycles. The van der Waals surface area contributed by atoms with Crippen molar-refractivity contribution < 1.29 is 5.11 Å². The van der Waals surface area contributed by atoms with Crippen molar-refractivity contribution in [1.82, 2.24) is 0 Å². The van der Waals surface area contributed by atoms with E-state index in [1.807, 2.05) is 30.0 Å². The summed E-state index contributed by atoms with van der Waals surface area (Å²) < 4.78 is 0. The number of hydrogen-bond acceptors (Lipinski definition) is 4. The molecule has 0 radical (unpaired) electrons. The molecule has 0 spiro atoms. The first kappa shape index (κ1) is 28.6. The molecule has 4 heteroatoms. The SMILES string of the molecule is CC(C)(C)c1cc(SCCCN(c2ccccc2)c2ccc(Nc3ccccc3)cc2)cc(C(C)(C)C)c1O. The van der Waals surface area contributed by atoms with Crippen LogP contribution in [0.4, 0.5) is 22.7 Å². The van der Waals surface area contributed by atoms with Gasteiger partial charge >= 0.3 is 0 Å². The maximum Gasteiger partial charge on any atom is 0.123 e. The van der Waals surface area contributed by atoms with Crippen LogP contribution in [0.1, 0.15) is 59.1 Å². The zero-order chi connectivity index (χ0) is 28.0. The third-order valence-corrected chi connectivity index (χ3v) is 7.87. The zero-order valence-corrected chi connectivity index (χ0v) is 25.0. The molecule has 0 heterocycles. The molecule has 0 atom stereocenters. The van der Waals surface area contributed by atoms with Crippen molar-refractivity contribution in [3.63, 3.8) is 0 Å². The summed E-state index contributed by atoms with van der Waals surface area (Å²) in [5.74, 6) is 1.44. The lowest BCUT2D eigenvalue weighted by molar-refractivity contribution is 0.422. The summed E-state index contributed by atoms with van der Waals surface area (Å²) in [7, 11) is 0. The highest BCUT2D eigenvalue weighted by molar-refractivity contribution is 7.99. The van der Waals surface area contributed by atoms with Crippen molar-refractivity contribution in [2.24, 2.45) is 0 Å². The molecule has 204 valence electrons. The normalized spacial score (nSPS) is 11.8. The van der Waals surface area contributed by atoms with E-state index in [1.165, 1.54) is 16.3 Å². The van der Waals surface area contributed by atoms with E-state index in [-0.39, 0.29) is 10.8 Å². The van der Waals surface area contributed by atoms with Gasteiger partial charge in [-0.2, -0.15) is 0 Å². The second-order valence-electron chi connectivity index (χ2n) is 12.1. The first-order valence-electron chi connectivity index (χ1n) is 13.8. The minimum atomic E-state index is -0.119. The van der Waals surface area contributed by atoms with Gasteiger partial charge in [0.15, 0.2) is 0 Å². The molecule has 39 heavy (non-hydrogen) atoms. The van der Waals surface area contributed by atoms with Crippen molar-refractivity contribution in [3.05, 3.63) is 108 Å². The summed E-state index contributed by atoms with van der Waals surface area (Å²) in [6, 6.07) is 33.9. The largest absolute Gasteiger partial charge is 0.507 e. The molecule has 4 rings (SSSR count). The van der Waals surface area contributed by atoms with Gasteiger partial charge in [-0.05, 0) is 83.7 Å². The molecular weight excluding hydrogens is 496 g/mol. The molecular formula is C35H42N2OS. The maximum absolute atomic E-state index is 11.1. The van der Waals surface area contributed by atoms with E-state index in [0.29, 0.717) is 5.75 Å². The first-order valence-corrected chi connectivity index (χ1v) is 14.8. The number of phenolic OH excluding ortho intramolecular Hbond substituents is 1. The second kappa shape index (κ2) is 12.2. The molecule has 0 amide bonds. The van der Waals surface area contributed by atoms with Gasteiger partial charge in [0, 0.05) is 45.3 Å². The molecule has 0 saturated heterocycles. The maximum atomic E-state index is 11.1. The number of aromatic hydroxyl groups is 1. The highest BCUT2D eigenvalue weighted by Crippen LogP contribution is 2.42. The van der Waals surface area contributed by atoms with Crippen LogP contribution in [0.3, 0.4) is 0 Å². The predicted molar refractivity (Wildman–Crippen MR) is 170 cm³/mol. The second-order valence-corrected chi connectivity index (χ2v) is 13.3. The predicted octanol–water partition coefficient (Wildman–Crippen LogP) is 10.1. The average Bonchev–Trinajstić information content (AvgIpc) is 2.90. The van der Waals surface area contributed by atoms with Crippen LogP contribution in [0.2, 0.25) is 0 Å². The van der Waals surface area contributed by atoms with E-state index in [9.17, 15) is 5.11 Å². The van der Waals surface area contributed by atoms with Crippen LogP contribution in [-0.4, -0.2) is 17.4 Å². The molecule has 0 unspecified atom stereocenters. The van der Waals surface area contributed by atoms with Crippen LogP contribution >= 0.6 is 11.8 Å². The fourth-order valence-electron chi connectivity index (χ4n) is 4.68. The molecule has 3 nitrogen and oxygen atoms in total. The Labute approximate surface area is 239 Å². The van der Waals surface area contributed by atoms with Gasteiger partial charge in [0.1, 0.15) is 5.75 Å². The molecule has 0 fully saturated rings. The van der Waals surface area contributed by atoms with Gasteiger partial charge in [0.05, 0.1) is 0 Å². The summed E-state index contributed by atoms with van der Waals surface area (Å²) in [6.07, 6.45) is 1.03. The zero-order valence-electron chi connectivity index (χ0n) is 24.2. The van der Waals surface area contributed by atoms with Crippen molar-refractivity contribution in [3.8, 4) is 5.75 Å². The van der Waals surface area contributed by atoms with E-state index in [2.05, 4.69) is 131 Å². The highest BCUT2D eigenvalue weighted by atomic mass is 32.2. The van der Waals surface area contributed by atoms with Gasteiger partial charge in [-0.15, -0.1) is 11.8 Å². The van der Waals surface area contributed by atoms with Crippen LogP contribution in [0.5, 0.6) is 5.75 Å².